The largest absolute Gasteiger partial charge is 0.478 e. The van der Waals surface area contributed by atoms with Crippen molar-refractivity contribution < 1.29 is 19.5 Å². The Bertz CT molecular complexity index is 1030. The lowest BCUT2D eigenvalue weighted by atomic mass is 9.71. The molecule has 0 aliphatic heterocycles. The van der Waals surface area contributed by atoms with Gasteiger partial charge in [0.15, 0.2) is 11.6 Å². The fourth-order valence-corrected chi connectivity index (χ4v) is 4.53. The van der Waals surface area contributed by atoms with Gasteiger partial charge in [0.1, 0.15) is 0 Å². The Morgan fingerprint density at radius 3 is 1.53 bits per heavy atom. The smallest absolute Gasteiger partial charge is 0.335 e. The van der Waals surface area contributed by atoms with Gasteiger partial charge < -0.3 is 5.11 Å². The van der Waals surface area contributed by atoms with E-state index < -0.39 is 16.8 Å². The second-order valence-electron chi connectivity index (χ2n) is 9.68. The number of Topliss-reactive ketones (excluding diaryl/α,β-unsaturated/α-hetero) is 2. The Morgan fingerprint density at radius 2 is 1.20 bits per heavy atom. The highest BCUT2D eigenvalue weighted by atomic mass is 35.5. The third-order valence-electron chi connectivity index (χ3n) is 5.06. The summed E-state index contributed by atoms with van der Waals surface area (Å²) in [7, 11) is 0. The van der Waals surface area contributed by atoms with Gasteiger partial charge in [-0.1, -0.05) is 65.3 Å². The van der Waals surface area contributed by atoms with Crippen LogP contribution in [0.2, 0.25) is 5.02 Å². The van der Waals surface area contributed by atoms with Crippen molar-refractivity contribution in [3.63, 3.8) is 0 Å². The van der Waals surface area contributed by atoms with Crippen molar-refractivity contribution in [3.8, 4) is 11.1 Å². The van der Waals surface area contributed by atoms with E-state index in [2.05, 4.69) is 0 Å². The van der Waals surface area contributed by atoms with Gasteiger partial charge in [0.05, 0.1) is 10.6 Å². The van der Waals surface area contributed by atoms with Crippen molar-refractivity contribution >= 4 is 29.1 Å². The van der Waals surface area contributed by atoms with Crippen molar-refractivity contribution in [3.05, 3.63) is 57.1 Å². The summed E-state index contributed by atoms with van der Waals surface area (Å²) in [4.78, 5) is 37.0. The first-order chi connectivity index (χ1) is 13.6. The summed E-state index contributed by atoms with van der Waals surface area (Å²) in [5.74, 6) is -1.38. The minimum Gasteiger partial charge on any atom is -0.478 e. The van der Waals surface area contributed by atoms with Crippen molar-refractivity contribution in [1.29, 1.82) is 0 Å². The minimum atomic E-state index is -1.02. The Morgan fingerprint density at radius 1 is 0.767 bits per heavy atom. The first-order valence-electron chi connectivity index (χ1n) is 9.85. The third-order valence-corrected chi connectivity index (χ3v) is 5.44. The lowest BCUT2D eigenvalue weighted by molar-refractivity contribution is 0.0696. The van der Waals surface area contributed by atoms with Crippen LogP contribution < -0.4 is 0 Å². The number of ketones is 2. The van der Waals surface area contributed by atoms with Crippen LogP contribution in [0.15, 0.2) is 24.3 Å². The van der Waals surface area contributed by atoms with E-state index in [0.717, 1.165) is 0 Å². The van der Waals surface area contributed by atoms with Crippen LogP contribution >= 0.6 is 11.6 Å². The highest BCUT2D eigenvalue weighted by molar-refractivity contribution is 6.36. The number of hydrogen-bond acceptors (Lipinski definition) is 3. The monoisotopic (exact) mass is 428 g/mol. The standard InChI is InChI=1S/C25H29ClO4/c1-13(27)17-19(15-9-11-16(12-10-15)23(29)30)21(25(6,7)8)22(26)18(14(2)28)20(17)24(3,4)5/h9-12H,1-8H3,(H,29,30). The first kappa shape index (κ1) is 23.8. The molecular weight excluding hydrogens is 400 g/mol. The van der Waals surface area contributed by atoms with E-state index >= 15 is 0 Å². The number of hydrogen-bond donors (Lipinski definition) is 1. The normalized spacial score (nSPS) is 12.0. The van der Waals surface area contributed by atoms with Gasteiger partial charge in [-0.15, -0.1) is 0 Å². The quantitative estimate of drug-likeness (QED) is 0.549. The predicted octanol–water partition coefficient (Wildman–Crippen LogP) is 6.71. The molecule has 2 aromatic carbocycles. The highest BCUT2D eigenvalue weighted by Crippen LogP contribution is 2.47. The summed E-state index contributed by atoms with van der Waals surface area (Å²) in [6.45, 7) is 14.7. The van der Waals surface area contributed by atoms with E-state index in [0.29, 0.717) is 38.4 Å². The molecule has 0 aliphatic rings. The number of carboxylic acids is 1. The second kappa shape index (κ2) is 7.99. The van der Waals surface area contributed by atoms with Crippen LogP contribution in [0, 0.1) is 0 Å². The fourth-order valence-electron chi connectivity index (χ4n) is 3.92. The number of aromatic carboxylic acids is 1. The van der Waals surface area contributed by atoms with E-state index in [1.165, 1.54) is 26.0 Å². The predicted molar refractivity (Wildman–Crippen MR) is 121 cm³/mol. The van der Waals surface area contributed by atoms with Crippen LogP contribution in [0.5, 0.6) is 0 Å². The molecule has 0 bridgehead atoms. The van der Waals surface area contributed by atoms with Gasteiger partial charge in [0, 0.05) is 11.1 Å². The van der Waals surface area contributed by atoms with E-state index in [4.69, 9.17) is 11.6 Å². The average molecular weight is 429 g/mol. The minimum absolute atomic E-state index is 0.155. The average Bonchev–Trinajstić information content (AvgIpc) is 2.57. The van der Waals surface area contributed by atoms with Gasteiger partial charge in [-0.25, -0.2) is 4.79 Å². The number of carbonyl (C=O) groups excluding carboxylic acids is 2. The number of rotatable bonds is 4. The molecule has 0 saturated heterocycles. The number of carboxylic acid groups (broad SMARTS) is 1. The van der Waals surface area contributed by atoms with Crippen LogP contribution in [-0.4, -0.2) is 22.6 Å². The maximum absolute atomic E-state index is 13.0. The van der Waals surface area contributed by atoms with Crippen LogP contribution in [-0.2, 0) is 10.8 Å². The Hall–Kier alpha value is -2.46. The fraction of sp³-hybridized carbons (Fsp3) is 0.400. The maximum Gasteiger partial charge on any atom is 0.335 e. The van der Waals surface area contributed by atoms with E-state index in [9.17, 15) is 19.5 Å². The molecule has 1 N–H and O–H groups in total. The first-order valence-corrected chi connectivity index (χ1v) is 10.2. The van der Waals surface area contributed by atoms with Gasteiger partial charge in [-0.2, -0.15) is 0 Å². The highest BCUT2D eigenvalue weighted by Gasteiger charge is 2.36. The Balaban J connectivity index is 3.20. The van der Waals surface area contributed by atoms with Gasteiger partial charge in [0.25, 0.3) is 0 Å². The molecule has 5 heteroatoms. The molecule has 160 valence electrons. The molecule has 4 nitrogen and oxygen atoms in total. The van der Waals surface area contributed by atoms with Crippen molar-refractivity contribution in [1.82, 2.24) is 0 Å². The van der Waals surface area contributed by atoms with Crippen molar-refractivity contribution in [2.24, 2.45) is 0 Å². The molecule has 0 aromatic heterocycles. The second-order valence-corrected chi connectivity index (χ2v) is 10.1. The molecule has 2 aromatic rings. The molecule has 0 aliphatic carbocycles. The number of benzene rings is 2. The van der Waals surface area contributed by atoms with E-state index in [1.807, 2.05) is 41.5 Å². The zero-order valence-electron chi connectivity index (χ0n) is 18.9. The van der Waals surface area contributed by atoms with Crippen LogP contribution in [0.1, 0.15) is 97.6 Å². The molecule has 0 radical (unpaired) electrons. The lowest BCUT2D eigenvalue weighted by Crippen LogP contribution is -2.26. The summed E-state index contributed by atoms with van der Waals surface area (Å²) < 4.78 is 0. The summed E-state index contributed by atoms with van der Waals surface area (Å²) in [6, 6.07) is 6.41. The van der Waals surface area contributed by atoms with Crippen LogP contribution in [0.4, 0.5) is 0 Å². The molecule has 0 spiro atoms. The van der Waals surface area contributed by atoms with Gasteiger partial charge in [-0.05, 0) is 59.1 Å². The summed E-state index contributed by atoms with van der Waals surface area (Å²) in [6.07, 6.45) is 0. The molecule has 0 amide bonds. The summed E-state index contributed by atoms with van der Waals surface area (Å²) >= 11 is 6.89. The molecule has 30 heavy (non-hydrogen) atoms. The zero-order valence-corrected chi connectivity index (χ0v) is 19.6. The maximum atomic E-state index is 13.0. The van der Waals surface area contributed by atoms with Gasteiger partial charge in [-0.3, -0.25) is 9.59 Å². The zero-order chi connectivity index (χ0) is 23.2. The molecule has 0 fully saturated rings. The number of halogens is 1. The van der Waals surface area contributed by atoms with Gasteiger partial charge in [0.2, 0.25) is 0 Å². The van der Waals surface area contributed by atoms with Crippen LogP contribution in [0.25, 0.3) is 11.1 Å². The SMILES string of the molecule is CC(=O)c1c(Cl)c(C(C)(C)C)c(-c2ccc(C(=O)O)cc2)c(C(C)=O)c1C(C)(C)C. The Labute approximate surface area is 183 Å². The molecule has 0 unspecified atom stereocenters. The molecule has 0 saturated carbocycles. The Kier molecular flexibility index (Phi) is 6.34. The van der Waals surface area contributed by atoms with E-state index in [1.54, 1.807) is 12.1 Å². The third kappa shape index (κ3) is 4.34. The molecule has 0 heterocycles. The summed E-state index contributed by atoms with van der Waals surface area (Å²) in [5.41, 5.74) is 2.69. The van der Waals surface area contributed by atoms with Crippen LogP contribution in [0.3, 0.4) is 0 Å². The molecular formula is C25H29ClO4. The van der Waals surface area contributed by atoms with Crippen molar-refractivity contribution in [2.75, 3.05) is 0 Å². The topological polar surface area (TPSA) is 71.4 Å². The molecule has 0 atom stereocenters. The lowest BCUT2D eigenvalue weighted by Gasteiger charge is -2.33. The van der Waals surface area contributed by atoms with Gasteiger partial charge >= 0.3 is 5.97 Å². The number of carbonyl (C=O) groups is 3. The van der Waals surface area contributed by atoms with E-state index in [-0.39, 0.29) is 17.1 Å². The van der Waals surface area contributed by atoms with Crippen molar-refractivity contribution in [2.45, 2.75) is 66.2 Å². The molecule has 2 rings (SSSR count). The summed E-state index contributed by atoms with van der Waals surface area (Å²) in [5, 5.41) is 9.60.